The van der Waals surface area contributed by atoms with Crippen LogP contribution in [-0.2, 0) is 28.8 Å². The first-order valence-electron chi connectivity index (χ1n) is 44.1. The molecule has 0 aliphatic carbocycles. The molecule has 716 valence electrons. The van der Waals surface area contributed by atoms with E-state index in [9.17, 15) is 76.9 Å². The number of nitriles is 1. The van der Waals surface area contributed by atoms with Gasteiger partial charge < -0.3 is 44.7 Å². The minimum atomic E-state index is -3.49. The van der Waals surface area contributed by atoms with Crippen LogP contribution < -0.4 is 46.1 Å². The maximum absolute atomic E-state index is 16.2. The van der Waals surface area contributed by atoms with Gasteiger partial charge in [0.25, 0.3) is 34.4 Å². The minimum absolute atomic E-state index is 0.0382. The average molecular weight is 1910 g/mol. The summed E-state index contributed by atoms with van der Waals surface area (Å²) in [5.41, 5.74) is -4.11. The number of carbonyl (C=O) groups excluding carboxylic acids is 6. The Labute approximate surface area is 786 Å². The van der Waals surface area contributed by atoms with E-state index in [-0.39, 0.29) is 129 Å². The third-order valence-corrected chi connectivity index (χ3v) is 25.8. The lowest BCUT2D eigenvalue weighted by Crippen LogP contribution is -2.67. The zero-order valence-corrected chi connectivity index (χ0v) is 76.9. The van der Waals surface area contributed by atoms with Crippen LogP contribution in [0.3, 0.4) is 0 Å². The number of aryl methyl sites for hydroxylation is 3. The second kappa shape index (κ2) is 36.8. The summed E-state index contributed by atoms with van der Waals surface area (Å²) in [4.78, 5) is 161. The summed E-state index contributed by atoms with van der Waals surface area (Å²) < 4.78 is 142. The fraction of sp³-hybridized carbons (Fsp3) is 0.293. The molecule has 3 aromatic carbocycles. The fourth-order valence-corrected chi connectivity index (χ4v) is 19.3. The maximum Gasteiger partial charge on any atom is 0.321 e. The van der Waals surface area contributed by atoms with E-state index >= 15 is 26.3 Å². The Hall–Kier alpha value is -16.1. The Morgan fingerprint density at radius 1 is 0.432 bits per heavy atom. The van der Waals surface area contributed by atoms with Crippen LogP contribution in [0.25, 0.3) is 83.9 Å². The van der Waals surface area contributed by atoms with Gasteiger partial charge in [0.2, 0.25) is 17.7 Å². The van der Waals surface area contributed by atoms with Crippen molar-refractivity contribution in [1.82, 2.24) is 58.3 Å². The third kappa shape index (κ3) is 15.7. The monoisotopic (exact) mass is 1910 g/mol. The molecule has 6 amide bonds. The molecule has 0 saturated carbocycles. The number of anilines is 6. The van der Waals surface area contributed by atoms with Crippen LogP contribution in [0, 0.1) is 67.1 Å². The molecule has 0 bridgehead atoms. The maximum atomic E-state index is 16.2. The molecular formula is C99H90F9N19O12. The number of halogens is 9. The molecule has 15 heterocycles. The minimum Gasteiger partial charge on any atom is -0.507 e. The van der Waals surface area contributed by atoms with Gasteiger partial charge in [0, 0.05) is 72.5 Å². The number of carbonyl (C=O) groups is 6. The van der Waals surface area contributed by atoms with Crippen LogP contribution in [0.15, 0.2) is 162 Å². The number of alkyl halides is 3. The number of piperazine rings is 3. The van der Waals surface area contributed by atoms with Gasteiger partial charge in [-0.3, -0.25) is 76.7 Å². The number of pyridine rings is 9. The summed E-state index contributed by atoms with van der Waals surface area (Å²) in [5.74, 6) is -12.5. The molecule has 139 heavy (non-hydrogen) atoms. The normalized spacial score (nSPS) is 17.8. The number of aromatic nitrogens is 9. The van der Waals surface area contributed by atoms with Crippen LogP contribution >= 0.6 is 0 Å². The van der Waals surface area contributed by atoms with Crippen molar-refractivity contribution in [2.45, 2.75) is 144 Å². The molecule has 3 N–H and O–H groups in total. The summed E-state index contributed by atoms with van der Waals surface area (Å²) in [6.07, 6.45) is 9.79. The van der Waals surface area contributed by atoms with Gasteiger partial charge >= 0.3 is 6.55 Å². The first-order chi connectivity index (χ1) is 66.1. The van der Waals surface area contributed by atoms with Crippen LogP contribution in [0.4, 0.5) is 73.6 Å². The van der Waals surface area contributed by atoms with E-state index in [1.165, 1.54) is 60.7 Å². The van der Waals surface area contributed by atoms with E-state index in [1.807, 2.05) is 33.9 Å². The molecule has 6 aliphatic rings. The Morgan fingerprint density at radius 2 is 0.734 bits per heavy atom. The molecule has 9 aromatic heterocycles. The molecule has 6 aliphatic heterocycles. The molecule has 12 aromatic rings. The lowest BCUT2D eigenvalue weighted by atomic mass is 9.97. The molecular weight excluding hydrogens is 1820 g/mol. The highest BCUT2D eigenvalue weighted by Crippen LogP contribution is 2.50. The number of aromatic hydroxyl groups is 3. The van der Waals surface area contributed by atoms with Crippen molar-refractivity contribution >= 4 is 103 Å². The molecule has 40 heteroatoms. The molecule has 6 unspecified atom stereocenters. The number of phenolic OH excluding ortho intramolecular Hbond substituents is 3. The van der Waals surface area contributed by atoms with Gasteiger partial charge in [-0.15, -0.1) is 0 Å². The highest BCUT2D eigenvalue weighted by Gasteiger charge is 2.53. The summed E-state index contributed by atoms with van der Waals surface area (Å²) in [7, 11) is 0. The Morgan fingerprint density at radius 3 is 1.04 bits per heavy atom. The van der Waals surface area contributed by atoms with Gasteiger partial charge in [-0.25, -0.2) is 55.5 Å². The highest BCUT2D eigenvalue weighted by atomic mass is 19.3. The zero-order valence-electron chi connectivity index (χ0n) is 76.9. The quantitative estimate of drug-likeness (QED) is 0.0394. The van der Waals surface area contributed by atoms with Gasteiger partial charge in [-0.05, 0) is 167 Å². The molecule has 6 atom stereocenters. The Balaban J connectivity index is 0.000000151. The summed E-state index contributed by atoms with van der Waals surface area (Å²) >= 11 is 0. The van der Waals surface area contributed by atoms with E-state index in [0.29, 0.717) is 54.9 Å². The number of rotatable bonds is 14. The van der Waals surface area contributed by atoms with Gasteiger partial charge in [-0.1, -0.05) is 79.5 Å². The van der Waals surface area contributed by atoms with Crippen molar-refractivity contribution < 1.29 is 83.6 Å². The fourth-order valence-electron chi connectivity index (χ4n) is 19.3. The lowest BCUT2D eigenvalue weighted by molar-refractivity contribution is -0.132. The van der Waals surface area contributed by atoms with Crippen LogP contribution in [0.5, 0.6) is 17.2 Å². The van der Waals surface area contributed by atoms with Gasteiger partial charge in [0.05, 0.1) is 87.5 Å². The predicted molar refractivity (Wildman–Crippen MR) is 501 cm³/mol. The Bertz CT molecular complexity index is 7470. The standard InChI is InChI=1S/C33H30F4N6O4.C33H31F3N6O4.C33H29F2N7O4/c1-6-23(45)40-14-21-31(46)43(33(36)37)29-28(41(21)13-17(40)5)18-12-20(35)26(24-19(34)8-7-9-22(24)44)39-30(18)42(32(29)47)27-16(4)10-11-38-25(27)15(2)3;1-6-24(44)39-14-22-32(45)41(15-34)30-29(40(22)13-18(39)5)19-12-21(36)27(25-20(35)8-7-9-23(25)43)38-31(19)42(33(30)46)28-17(4)10-11-37-26(28)16(2)3;1-6-24(44)39-14-22-32(45)41(15-36)30-29(40(22)13-18(39)5)19-12-21(35)27(25-20(34)8-7-9-23(25)43)38-31(19)42(33(30)46)28-17(4)10-11-37-26(28)16(2)3/h6-12,15,17,21,33,44H,1,13-14H2,2-5H3;6-12,16,18,22,43H,1,13-15H2,2-5H3;6-12,16,18,22,43H,1,13-14H2,2-5H3. The van der Waals surface area contributed by atoms with Crippen LogP contribution in [-0.4, -0.2) is 198 Å². The molecule has 31 nitrogen and oxygen atoms in total. The van der Waals surface area contributed by atoms with Crippen molar-refractivity contribution in [2.24, 2.45) is 0 Å². The number of amides is 6. The Kier molecular flexibility index (Phi) is 25.5. The number of hydrogen-bond donors (Lipinski definition) is 3. The number of benzene rings is 3. The van der Waals surface area contributed by atoms with Crippen molar-refractivity contribution in [3.05, 3.63) is 247 Å². The molecule has 3 saturated heterocycles. The van der Waals surface area contributed by atoms with Crippen LogP contribution in [0.1, 0.15) is 114 Å². The summed E-state index contributed by atoms with van der Waals surface area (Å²) in [6, 6.07) is 13.3. The van der Waals surface area contributed by atoms with Gasteiger partial charge in [0.1, 0.15) is 87.0 Å². The van der Waals surface area contributed by atoms with E-state index in [1.54, 1.807) is 95.8 Å². The first kappa shape index (κ1) is 96.0. The SMILES string of the molecule is C=CC(=O)N1CC2C(=O)N(C#N)c3c(c4cc(F)c(-c5c(O)cccc5F)nc4n(-c4c(C)ccnc4C(C)C)c3=O)N2CC1C.C=CC(=O)N1CC2C(=O)N(C(F)F)c3c(c4cc(F)c(-c5c(O)cccc5F)nc4n(-c4c(C)ccnc4C(C)C)c3=O)N2CC1C.C=CC(=O)N1CC2C(=O)N(CF)c3c(c4cc(F)c(-c5c(O)cccc5F)nc4n(-c4c(C)ccnc4C(C)C)c3=O)N2CC1C. The predicted octanol–water partition coefficient (Wildman–Crippen LogP) is 14.0. The first-order valence-corrected chi connectivity index (χ1v) is 44.1. The largest absolute Gasteiger partial charge is 0.507 e. The van der Waals surface area contributed by atoms with Gasteiger partial charge in [-0.2, -0.15) is 14.0 Å². The van der Waals surface area contributed by atoms with E-state index in [4.69, 9.17) is 0 Å². The van der Waals surface area contributed by atoms with Crippen molar-refractivity contribution in [1.29, 1.82) is 5.26 Å². The second-order valence-corrected chi connectivity index (χ2v) is 35.3. The topological polar surface area (TPSA) is 359 Å². The van der Waals surface area contributed by atoms with Crippen molar-refractivity contribution in [2.75, 3.05) is 75.5 Å². The molecule has 0 spiro atoms. The van der Waals surface area contributed by atoms with Gasteiger partial charge in [0.15, 0.2) is 47.4 Å². The molecule has 3 fully saturated rings. The summed E-state index contributed by atoms with van der Waals surface area (Å²) in [5, 5.41) is 41.8. The zero-order chi connectivity index (χ0) is 100. The number of hydrogen-bond acceptors (Lipinski definition) is 22. The number of phenols is 3. The average Bonchev–Trinajstić information content (AvgIpc) is 0.704. The molecule has 18 rings (SSSR count). The third-order valence-electron chi connectivity index (χ3n) is 25.8. The van der Waals surface area contributed by atoms with E-state index in [0.717, 1.165) is 69.8 Å². The lowest BCUT2D eigenvalue weighted by Gasteiger charge is -2.50. The molecule has 0 radical (unpaired) electrons. The second-order valence-electron chi connectivity index (χ2n) is 35.3. The van der Waals surface area contributed by atoms with E-state index < -0.39 is 193 Å². The van der Waals surface area contributed by atoms with Crippen molar-refractivity contribution in [3.63, 3.8) is 0 Å². The highest BCUT2D eigenvalue weighted by molar-refractivity contribution is 6.16. The smallest absolute Gasteiger partial charge is 0.321 e. The van der Waals surface area contributed by atoms with Crippen molar-refractivity contribution in [3.8, 4) is 74.3 Å². The number of nitrogens with zero attached hydrogens (tertiary/aromatic N) is 19. The summed E-state index contributed by atoms with van der Waals surface area (Å²) in [6.45, 7) is 26.5. The van der Waals surface area contributed by atoms with Crippen LogP contribution in [0.2, 0.25) is 0 Å². The van der Waals surface area contributed by atoms with E-state index in [2.05, 4.69) is 49.6 Å². The number of fused-ring (bicyclic) bond motifs is 15.